The number of nitrogens with one attached hydrogen (secondary N) is 1. The Morgan fingerprint density at radius 3 is 2.67 bits per heavy atom. The van der Waals surface area contributed by atoms with Crippen LogP contribution in [0.5, 0.6) is 0 Å². The monoisotopic (exact) mass is 217 g/mol. The van der Waals surface area contributed by atoms with Crippen molar-refractivity contribution in [2.75, 3.05) is 6.54 Å². The van der Waals surface area contributed by atoms with E-state index < -0.39 is 0 Å². The summed E-state index contributed by atoms with van der Waals surface area (Å²) >= 11 is 2.22. The maximum atomic E-state index is 3.10. The lowest BCUT2D eigenvalue weighted by atomic mass is 10.5. The van der Waals surface area contributed by atoms with E-state index in [0.717, 1.165) is 6.54 Å². The normalized spacial score (nSPS) is 9.00. The first-order chi connectivity index (χ1) is 2.91. The van der Waals surface area contributed by atoms with Crippen LogP contribution in [0.3, 0.4) is 0 Å². The molecule has 0 aromatic carbocycles. The Bertz CT molecular complexity index is 22.8. The van der Waals surface area contributed by atoms with E-state index in [2.05, 4.69) is 32.9 Å². The highest BCUT2D eigenvalue weighted by Gasteiger charge is 1.73. The van der Waals surface area contributed by atoms with E-state index in [-0.39, 0.29) is 0 Å². The summed E-state index contributed by atoms with van der Waals surface area (Å²) < 4.78 is 3.10. The molecule has 3 heteroatoms. The molecule has 0 rings (SSSR count). The van der Waals surface area contributed by atoms with Crippen LogP contribution in [0.25, 0.3) is 0 Å². The van der Waals surface area contributed by atoms with E-state index in [9.17, 15) is 0 Å². The van der Waals surface area contributed by atoms with Crippen molar-refractivity contribution in [3.05, 3.63) is 0 Å². The van der Waals surface area contributed by atoms with Crippen LogP contribution in [0.1, 0.15) is 13.3 Å². The average molecular weight is 217 g/mol. The van der Waals surface area contributed by atoms with Crippen molar-refractivity contribution < 1.29 is 0 Å². The Morgan fingerprint density at radius 2 is 2.50 bits per heavy atom. The van der Waals surface area contributed by atoms with Crippen molar-refractivity contribution in [2.45, 2.75) is 13.3 Å². The van der Waals surface area contributed by atoms with Crippen LogP contribution in [0, 0.1) is 0 Å². The zero-order valence-corrected chi connectivity index (χ0v) is 6.67. The summed E-state index contributed by atoms with van der Waals surface area (Å²) in [6, 6.07) is 0. The summed E-state index contributed by atoms with van der Waals surface area (Å²) in [5.74, 6) is 0. The third-order valence-corrected chi connectivity index (χ3v) is 1.65. The van der Waals surface area contributed by atoms with Crippen molar-refractivity contribution in [1.29, 1.82) is 0 Å². The molecule has 1 nitrogen and oxygen atoms in total. The van der Waals surface area contributed by atoms with Gasteiger partial charge in [0.2, 0.25) is 0 Å². The van der Waals surface area contributed by atoms with Gasteiger partial charge in [-0.15, -0.1) is 0 Å². The van der Waals surface area contributed by atoms with Crippen molar-refractivity contribution >= 4 is 30.3 Å². The van der Waals surface area contributed by atoms with Crippen LogP contribution in [0.2, 0.25) is 0 Å². The Kier molecular flexibility index (Phi) is 7.09. The highest BCUT2D eigenvalue weighted by molar-refractivity contribution is 14.2. The number of rotatable bonds is 3. The molecule has 0 fully saturated rings. The SMILES string of the molecule is CCCNSI. The topological polar surface area (TPSA) is 12.0 Å². The molecule has 0 aliphatic carbocycles. The van der Waals surface area contributed by atoms with Gasteiger partial charge < -0.3 is 0 Å². The van der Waals surface area contributed by atoms with Crippen LogP contribution < -0.4 is 4.72 Å². The van der Waals surface area contributed by atoms with E-state index in [1.807, 2.05) is 0 Å². The molecule has 0 aromatic rings. The van der Waals surface area contributed by atoms with Gasteiger partial charge in [0.25, 0.3) is 0 Å². The minimum atomic E-state index is 1.12. The van der Waals surface area contributed by atoms with Crippen LogP contribution in [-0.4, -0.2) is 6.54 Å². The minimum Gasteiger partial charge on any atom is -0.255 e. The molecule has 0 aliphatic rings. The summed E-state index contributed by atoms with van der Waals surface area (Å²) in [4.78, 5) is 0. The Morgan fingerprint density at radius 1 is 1.83 bits per heavy atom. The molecule has 0 saturated carbocycles. The smallest absolute Gasteiger partial charge is 0.0143 e. The van der Waals surface area contributed by atoms with Gasteiger partial charge in [-0.05, 0) is 15.5 Å². The van der Waals surface area contributed by atoms with Gasteiger partial charge >= 0.3 is 0 Å². The Balaban J connectivity index is 2.34. The zero-order valence-electron chi connectivity index (χ0n) is 3.70. The number of hydrogen-bond donors (Lipinski definition) is 1. The standard InChI is InChI=1S/C3H8INS/c1-2-3-5-6-4/h5H,2-3H2,1H3. The molecular formula is C3H8INS. The molecule has 1 N–H and O–H groups in total. The third kappa shape index (κ3) is 5.04. The van der Waals surface area contributed by atoms with Gasteiger partial charge in [-0.3, -0.25) is 4.72 Å². The highest BCUT2D eigenvalue weighted by atomic mass is 127. The first-order valence-corrected chi connectivity index (χ1v) is 5.28. The lowest BCUT2D eigenvalue weighted by Gasteiger charge is -1.89. The molecule has 0 aromatic heterocycles. The molecule has 6 heavy (non-hydrogen) atoms. The van der Waals surface area contributed by atoms with Crippen molar-refractivity contribution in [1.82, 2.24) is 4.72 Å². The van der Waals surface area contributed by atoms with Gasteiger partial charge in [-0.1, -0.05) is 6.92 Å². The fraction of sp³-hybridized carbons (Fsp3) is 1.00. The van der Waals surface area contributed by atoms with E-state index in [1.54, 1.807) is 9.12 Å². The molecule has 0 unspecified atom stereocenters. The van der Waals surface area contributed by atoms with Crippen LogP contribution in [-0.2, 0) is 0 Å². The van der Waals surface area contributed by atoms with Crippen molar-refractivity contribution in [2.24, 2.45) is 0 Å². The summed E-state index contributed by atoms with van der Waals surface area (Å²) in [6.07, 6.45) is 1.22. The molecular weight excluding hydrogens is 209 g/mol. The zero-order chi connectivity index (χ0) is 4.83. The largest absolute Gasteiger partial charge is 0.255 e. The minimum absolute atomic E-state index is 1.12. The average Bonchev–Trinajstić information content (AvgIpc) is 1.61. The molecule has 0 spiro atoms. The molecule has 0 bridgehead atoms. The number of hydrogen-bond acceptors (Lipinski definition) is 2. The van der Waals surface area contributed by atoms with Crippen LogP contribution in [0.4, 0.5) is 0 Å². The van der Waals surface area contributed by atoms with Gasteiger partial charge in [0.05, 0.1) is 0 Å². The molecule has 0 saturated heterocycles. The lowest BCUT2D eigenvalue weighted by molar-refractivity contribution is 0.882. The maximum Gasteiger partial charge on any atom is 0.0143 e. The predicted octanol–water partition coefficient (Wildman–Crippen LogP) is 1.98. The second-order valence-corrected chi connectivity index (χ2v) is 2.74. The highest BCUT2D eigenvalue weighted by Crippen LogP contribution is 2.02. The van der Waals surface area contributed by atoms with Crippen molar-refractivity contribution in [3.8, 4) is 0 Å². The summed E-state index contributed by atoms with van der Waals surface area (Å²) in [7, 11) is 1.65. The van der Waals surface area contributed by atoms with E-state index >= 15 is 0 Å². The second-order valence-electron chi connectivity index (χ2n) is 0.971. The Hall–Kier alpha value is 1.04. The maximum absolute atomic E-state index is 3.10. The van der Waals surface area contributed by atoms with Gasteiger partial charge in [-0.25, -0.2) is 0 Å². The second kappa shape index (κ2) is 6.04. The fourth-order valence-electron chi connectivity index (χ4n) is 0.141. The quantitative estimate of drug-likeness (QED) is 0.440. The fourth-order valence-corrected chi connectivity index (χ4v) is 1.08. The molecule has 38 valence electrons. The number of halogens is 1. The molecule has 0 amide bonds. The van der Waals surface area contributed by atoms with Gasteiger partial charge in [-0.2, -0.15) is 0 Å². The third-order valence-electron chi connectivity index (χ3n) is 0.407. The molecule has 0 radical (unpaired) electrons. The first kappa shape index (κ1) is 7.04. The van der Waals surface area contributed by atoms with E-state index in [0.29, 0.717) is 0 Å². The molecule has 0 heterocycles. The van der Waals surface area contributed by atoms with Crippen LogP contribution >= 0.6 is 30.3 Å². The first-order valence-electron chi connectivity index (χ1n) is 1.92. The molecule has 0 atom stereocenters. The summed E-state index contributed by atoms with van der Waals surface area (Å²) in [6.45, 7) is 3.27. The van der Waals surface area contributed by atoms with Crippen molar-refractivity contribution in [3.63, 3.8) is 0 Å². The van der Waals surface area contributed by atoms with Gasteiger partial charge in [0.1, 0.15) is 0 Å². The summed E-state index contributed by atoms with van der Waals surface area (Å²) in [5, 5.41) is 0. The Labute approximate surface area is 55.0 Å². The summed E-state index contributed by atoms with van der Waals surface area (Å²) in [5.41, 5.74) is 0. The van der Waals surface area contributed by atoms with Crippen LogP contribution in [0.15, 0.2) is 0 Å². The molecule has 0 aliphatic heterocycles. The predicted molar refractivity (Wildman–Crippen MR) is 39.9 cm³/mol. The van der Waals surface area contributed by atoms with E-state index in [1.165, 1.54) is 6.42 Å². The lowest BCUT2D eigenvalue weighted by Crippen LogP contribution is -1.99. The van der Waals surface area contributed by atoms with E-state index in [4.69, 9.17) is 0 Å². The van der Waals surface area contributed by atoms with Gasteiger partial charge in [0, 0.05) is 27.8 Å². The van der Waals surface area contributed by atoms with Gasteiger partial charge in [0.15, 0.2) is 0 Å².